The molecule has 0 bridgehead atoms. The van der Waals surface area contributed by atoms with Gasteiger partial charge in [0.25, 0.3) is 5.69 Å². The van der Waals surface area contributed by atoms with E-state index in [9.17, 15) is 19.7 Å². The van der Waals surface area contributed by atoms with Gasteiger partial charge in [-0.25, -0.2) is 10.2 Å². The predicted octanol–water partition coefficient (Wildman–Crippen LogP) is 2.07. The summed E-state index contributed by atoms with van der Waals surface area (Å²) in [4.78, 5) is 33.2. The van der Waals surface area contributed by atoms with Crippen LogP contribution in [0.4, 0.5) is 5.69 Å². The average molecular weight is 341 g/mol. The van der Waals surface area contributed by atoms with Crippen LogP contribution in [0.15, 0.2) is 53.6 Å². The van der Waals surface area contributed by atoms with Gasteiger partial charge in [0.05, 0.1) is 30.2 Å². The molecule has 0 aromatic heterocycles. The minimum Gasteiger partial charge on any atom is -0.465 e. The molecule has 0 unspecified atom stereocenters. The van der Waals surface area contributed by atoms with Crippen molar-refractivity contribution in [3.63, 3.8) is 0 Å². The lowest BCUT2D eigenvalue weighted by Gasteiger charge is -2.01. The standard InChI is InChI=1S/C17H15N3O5/c1-25-17(22)14-6-2-13(3-7-14)11-18-19-16(21)10-12-4-8-15(9-5-12)20(23)24/h2-9,11H,10H2,1H3,(H,19,21)/b18-11-. The maximum atomic E-state index is 11.8. The quantitative estimate of drug-likeness (QED) is 0.374. The topological polar surface area (TPSA) is 111 Å². The Balaban J connectivity index is 1.87. The Bertz CT molecular complexity index is 798. The van der Waals surface area contributed by atoms with E-state index in [2.05, 4.69) is 15.3 Å². The number of nitro groups is 1. The lowest BCUT2D eigenvalue weighted by atomic mass is 10.1. The average Bonchev–Trinajstić information content (AvgIpc) is 2.62. The molecule has 2 rings (SSSR count). The number of non-ortho nitro benzene ring substituents is 1. The molecule has 128 valence electrons. The van der Waals surface area contributed by atoms with Crippen LogP contribution in [0.5, 0.6) is 0 Å². The minimum atomic E-state index is -0.500. The van der Waals surface area contributed by atoms with Gasteiger partial charge >= 0.3 is 5.97 Å². The molecule has 1 N–H and O–H groups in total. The molecule has 8 heteroatoms. The van der Waals surface area contributed by atoms with E-state index in [1.807, 2.05) is 0 Å². The molecule has 25 heavy (non-hydrogen) atoms. The molecule has 0 atom stereocenters. The number of carbonyl (C=O) groups excluding carboxylic acids is 2. The number of ether oxygens (including phenoxy) is 1. The lowest BCUT2D eigenvalue weighted by Crippen LogP contribution is -2.19. The zero-order valence-electron chi connectivity index (χ0n) is 13.3. The van der Waals surface area contributed by atoms with Crippen LogP contribution in [0.3, 0.4) is 0 Å². The SMILES string of the molecule is COC(=O)c1ccc(/C=N\NC(=O)Cc2ccc([N+](=O)[O-])cc2)cc1. The molecule has 0 heterocycles. The highest BCUT2D eigenvalue weighted by atomic mass is 16.6. The molecule has 8 nitrogen and oxygen atoms in total. The van der Waals surface area contributed by atoms with Gasteiger partial charge in [-0.1, -0.05) is 24.3 Å². The second-order valence-electron chi connectivity index (χ2n) is 5.01. The molecule has 0 radical (unpaired) electrons. The van der Waals surface area contributed by atoms with E-state index in [4.69, 9.17) is 0 Å². The first-order chi connectivity index (χ1) is 12.0. The third-order valence-corrected chi connectivity index (χ3v) is 3.25. The second-order valence-corrected chi connectivity index (χ2v) is 5.01. The molecule has 0 aliphatic rings. The molecule has 1 amide bonds. The van der Waals surface area contributed by atoms with Crippen molar-refractivity contribution in [2.24, 2.45) is 5.10 Å². The van der Waals surface area contributed by atoms with E-state index in [1.165, 1.54) is 37.6 Å². The molecule has 0 fully saturated rings. The van der Waals surface area contributed by atoms with Crippen LogP contribution in [0.2, 0.25) is 0 Å². The number of nitro benzene ring substituents is 1. The van der Waals surface area contributed by atoms with Crippen molar-refractivity contribution >= 4 is 23.8 Å². The Hall–Kier alpha value is -3.55. The Morgan fingerprint density at radius 3 is 2.36 bits per heavy atom. The summed E-state index contributed by atoms with van der Waals surface area (Å²) < 4.78 is 4.60. The fraction of sp³-hybridized carbons (Fsp3) is 0.118. The Kier molecular flexibility index (Phi) is 5.94. The number of methoxy groups -OCH3 is 1. The van der Waals surface area contributed by atoms with Crippen LogP contribution in [-0.4, -0.2) is 30.1 Å². The van der Waals surface area contributed by atoms with Crippen LogP contribution < -0.4 is 5.43 Å². The molecule has 2 aromatic rings. The van der Waals surface area contributed by atoms with Gasteiger partial charge in [0.2, 0.25) is 5.91 Å². The number of hydrogen-bond acceptors (Lipinski definition) is 6. The summed E-state index contributed by atoms with van der Waals surface area (Å²) in [7, 11) is 1.30. The van der Waals surface area contributed by atoms with Crippen LogP contribution in [0, 0.1) is 10.1 Å². The molecule has 2 aromatic carbocycles. The summed E-state index contributed by atoms with van der Waals surface area (Å²) in [6, 6.07) is 12.2. The van der Waals surface area contributed by atoms with Gasteiger partial charge < -0.3 is 4.74 Å². The van der Waals surface area contributed by atoms with Gasteiger partial charge in [0.1, 0.15) is 0 Å². The summed E-state index contributed by atoms with van der Waals surface area (Å²) >= 11 is 0. The van der Waals surface area contributed by atoms with Crippen LogP contribution in [0.1, 0.15) is 21.5 Å². The van der Waals surface area contributed by atoms with Crippen molar-refractivity contribution < 1.29 is 19.2 Å². The first-order valence-electron chi connectivity index (χ1n) is 7.23. The van der Waals surface area contributed by atoms with Gasteiger partial charge in [0, 0.05) is 12.1 Å². The number of esters is 1. The van der Waals surface area contributed by atoms with Crippen molar-refractivity contribution in [3.8, 4) is 0 Å². The van der Waals surface area contributed by atoms with Gasteiger partial charge in [0.15, 0.2) is 0 Å². The zero-order chi connectivity index (χ0) is 18.2. The van der Waals surface area contributed by atoms with Gasteiger partial charge in [-0.15, -0.1) is 0 Å². The summed E-state index contributed by atoms with van der Waals surface area (Å²) in [6.45, 7) is 0. The third-order valence-electron chi connectivity index (χ3n) is 3.25. The smallest absolute Gasteiger partial charge is 0.337 e. The number of hydrazone groups is 1. The largest absolute Gasteiger partial charge is 0.465 e. The number of rotatable bonds is 6. The third kappa shape index (κ3) is 5.24. The summed E-state index contributed by atoms with van der Waals surface area (Å²) in [5, 5.41) is 14.4. The Labute approximate surface area is 143 Å². The normalized spacial score (nSPS) is 10.4. The van der Waals surface area contributed by atoms with Crippen molar-refractivity contribution in [2.75, 3.05) is 7.11 Å². The Morgan fingerprint density at radius 2 is 1.80 bits per heavy atom. The summed E-state index contributed by atoms with van der Waals surface area (Å²) in [6.07, 6.45) is 1.49. The highest BCUT2D eigenvalue weighted by molar-refractivity contribution is 5.90. The number of carbonyl (C=O) groups is 2. The number of hydrogen-bond donors (Lipinski definition) is 1. The molecular weight excluding hydrogens is 326 g/mol. The first kappa shape index (κ1) is 17.8. The number of nitrogens with one attached hydrogen (secondary N) is 1. The first-order valence-corrected chi connectivity index (χ1v) is 7.23. The predicted molar refractivity (Wildman–Crippen MR) is 90.3 cm³/mol. The van der Waals surface area contributed by atoms with E-state index >= 15 is 0 Å². The molecule has 0 aliphatic carbocycles. The Morgan fingerprint density at radius 1 is 1.16 bits per heavy atom. The number of amides is 1. The maximum absolute atomic E-state index is 11.8. The molecule has 0 saturated carbocycles. The molecule has 0 aliphatic heterocycles. The van der Waals surface area contributed by atoms with Crippen molar-refractivity contribution in [3.05, 3.63) is 75.3 Å². The van der Waals surface area contributed by atoms with Gasteiger partial charge in [-0.3, -0.25) is 14.9 Å². The van der Waals surface area contributed by atoms with Crippen LogP contribution in [-0.2, 0) is 16.0 Å². The highest BCUT2D eigenvalue weighted by Gasteiger charge is 2.07. The number of nitrogens with zero attached hydrogens (tertiary/aromatic N) is 2. The molecule has 0 spiro atoms. The monoisotopic (exact) mass is 341 g/mol. The van der Waals surface area contributed by atoms with Crippen molar-refractivity contribution in [1.82, 2.24) is 5.43 Å². The molecular formula is C17H15N3O5. The highest BCUT2D eigenvalue weighted by Crippen LogP contribution is 2.12. The number of benzene rings is 2. The van der Waals surface area contributed by atoms with Crippen molar-refractivity contribution in [1.29, 1.82) is 0 Å². The van der Waals surface area contributed by atoms with E-state index in [0.717, 1.165) is 0 Å². The summed E-state index contributed by atoms with van der Waals surface area (Å²) in [5.41, 5.74) is 4.10. The van der Waals surface area contributed by atoms with E-state index in [-0.39, 0.29) is 18.0 Å². The second kappa shape index (κ2) is 8.34. The van der Waals surface area contributed by atoms with Gasteiger partial charge in [-0.05, 0) is 23.3 Å². The maximum Gasteiger partial charge on any atom is 0.337 e. The molecule has 0 saturated heterocycles. The van der Waals surface area contributed by atoms with Gasteiger partial charge in [-0.2, -0.15) is 5.10 Å². The minimum absolute atomic E-state index is 0.0300. The van der Waals surface area contributed by atoms with E-state index in [1.54, 1.807) is 24.3 Å². The summed E-state index contributed by atoms with van der Waals surface area (Å²) in [5.74, 6) is -0.781. The fourth-order valence-corrected chi connectivity index (χ4v) is 1.96. The van der Waals surface area contributed by atoms with Crippen LogP contribution >= 0.6 is 0 Å². The van der Waals surface area contributed by atoms with E-state index < -0.39 is 10.9 Å². The van der Waals surface area contributed by atoms with E-state index in [0.29, 0.717) is 16.7 Å². The zero-order valence-corrected chi connectivity index (χ0v) is 13.3. The van der Waals surface area contributed by atoms with Crippen molar-refractivity contribution in [2.45, 2.75) is 6.42 Å². The van der Waals surface area contributed by atoms with Crippen LogP contribution in [0.25, 0.3) is 0 Å². The lowest BCUT2D eigenvalue weighted by molar-refractivity contribution is -0.384. The fourth-order valence-electron chi connectivity index (χ4n) is 1.96.